The van der Waals surface area contributed by atoms with Gasteiger partial charge in [0, 0.05) is 12.1 Å². The minimum Gasteiger partial charge on any atom is -0.496 e. The first-order chi connectivity index (χ1) is 8.52. The van der Waals surface area contributed by atoms with E-state index in [2.05, 4.69) is 39.1 Å². The highest BCUT2D eigenvalue weighted by Crippen LogP contribution is 2.29. The Morgan fingerprint density at radius 1 is 1.28 bits per heavy atom. The summed E-state index contributed by atoms with van der Waals surface area (Å²) in [6.07, 6.45) is 3.81. The molecule has 0 saturated heterocycles. The van der Waals surface area contributed by atoms with Gasteiger partial charge in [-0.15, -0.1) is 0 Å². The Hall–Kier alpha value is -1.02. The maximum absolute atomic E-state index is 5.48. The molecule has 1 fully saturated rings. The van der Waals surface area contributed by atoms with Gasteiger partial charge in [0.1, 0.15) is 5.75 Å². The van der Waals surface area contributed by atoms with Crippen molar-refractivity contribution in [2.75, 3.05) is 7.11 Å². The van der Waals surface area contributed by atoms with Crippen LogP contribution in [0.1, 0.15) is 42.0 Å². The van der Waals surface area contributed by atoms with Crippen molar-refractivity contribution < 1.29 is 4.74 Å². The molecule has 1 unspecified atom stereocenters. The first-order valence-corrected chi connectivity index (χ1v) is 6.92. The minimum atomic E-state index is 0.559. The van der Waals surface area contributed by atoms with Crippen LogP contribution < -0.4 is 10.1 Å². The standard InChI is InChI=1S/C16H25NO/c1-10-8-14(9-11(2)17-15-6-7-15)12(3)13(4)16(10)18-5/h8,11,15,17H,6-7,9H2,1-5H3. The van der Waals surface area contributed by atoms with E-state index < -0.39 is 0 Å². The molecule has 0 radical (unpaired) electrons. The summed E-state index contributed by atoms with van der Waals surface area (Å²) in [7, 11) is 1.76. The highest BCUT2D eigenvalue weighted by Gasteiger charge is 2.23. The number of aryl methyl sites for hydroxylation is 1. The normalized spacial score (nSPS) is 16.7. The molecule has 18 heavy (non-hydrogen) atoms. The van der Waals surface area contributed by atoms with Crippen LogP contribution in [0.25, 0.3) is 0 Å². The van der Waals surface area contributed by atoms with E-state index in [4.69, 9.17) is 4.74 Å². The van der Waals surface area contributed by atoms with E-state index >= 15 is 0 Å². The van der Waals surface area contributed by atoms with Gasteiger partial charge in [0.25, 0.3) is 0 Å². The highest BCUT2D eigenvalue weighted by molar-refractivity contribution is 5.49. The number of hydrogen-bond donors (Lipinski definition) is 1. The molecule has 0 heterocycles. The summed E-state index contributed by atoms with van der Waals surface area (Å²) in [5.74, 6) is 1.04. The number of rotatable bonds is 5. The molecule has 0 spiro atoms. The average Bonchev–Trinajstić information content (AvgIpc) is 3.10. The van der Waals surface area contributed by atoms with Gasteiger partial charge in [-0.3, -0.25) is 0 Å². The summed E-state index contributed by atoms with van der Waals surface area (Å²) in [6, 6.07) is 3.62. The molecule has 2 rings (SSSR count). The topological polar surface area (TPSA) is 21.3 Å². The van der Waals surface area contributed by atoms with Crippen LogP contribution >= 0.6 is 0 Å². The molecule has 1 atom stereocenters. The number of nitrogens with one attached hydrogen (secondary N) is 1. The van der Waals surface area contributed by atoms with Crippen molar-refractivity contribution in [1.29, 1.82) is 0 Å². The van der Waals surface area contributed by atoms with Crippen molar-refractivity contribution in [3.8, 4) is 5.75 Å². The average molecular weight is 247 g/mol. The van der Waals surface area contributed by atoms with Gasteiger partial charge in [0.2, 0.25) is 0 Å². The van der Waals surface area contributed by atoms with Gasteiger partial charge in [0.05, 0.1) is 7.11 Å². The second kappa shape index (κ2) is 5.31. The lowest BCUT2D eigenvalue weighted by atomic mass is 9.94. The van der Waals surface area contributed by atoms with Crippen LogP contribution in [-0.4, -0.2) is 19.2 Å². The third-order valence-corrected chi connectivity index (χ3v) is 3.96. The lowest BCUT2D eigenvalue weighted by molar-refractivity contribution is 0.407. The summed E-state index contributed by atoms with van der Waals surface area (Å²) in [4.78, 5) is 0. The molecule has 0 aromatic heterocycles. The van der Waals surface area contributed by atoms with E-state index in [1.165, 1.54) is 35.1 Å². The van der Waals surface area contributed by atoms with E-state index in [9.17, 15) is 0 Å². The maximum Gasteiger partial charge on any atom is 0.124 e. The summed E-state index contributed by atoms with van der Waals surface area (Å²) in [5.41, 5.74) is 5.36. The molecule has 0 aliphatic heterocycles. The van der Waals surface area contributed by atoms with E-state index in [0.717, 1.165) is 18.2 Å². The molecule has 1 aromatic rings. The zero-order valence-electron chi connectivity index (χ0n) is 12.3. The van der Waals surface area contributed by atoms with Gasteiger partial charge >= 0.3 is 0 Å². The van der Waals surface area contributed by atoms with Crippen LogP contribution in [0.3, 0.4) is 0 Å². The zero-order chi connectivity index (χ0) is 13.3. The summed E-state index contributed by atoms with van der Waals surface area (Å²) in [6.45, 7) is 8.78. The van der Waals surface area contributed by atoms with Crippen molar-refractivity contribution in [1.82, 2.24) is 5.32 Å². The Labute approximate surface area is 111 Å². The lowest BCUT2D eigenvalue weighted by Crippen LogP contribution is -2.30. The molecule has 100 valence electrons. The SMILES string of the molecule is COc1c(C)cc(CC(C)NC2CC2)c(C)c1C. The molecule has 2 heteroatoms. The Balaban J connectivity index is 2.16. The summed E-state index contributed by atoms with van der Waals surface area (Å²) < 4.78 is 5.48. The molecule has 1 aliphatic rings. The van der Waals surface area contributed by atoms with E-state index in [-0.39, 0.29) is 0 Å². The molecule has 2 nitrogen and oxygen atoms in total. The van der Waals surface area contributed by atoms with Gasteiger partial charge in [-0.25, -0.2) is 0 Å². The van der Waals surface area contributed by atoms with Crippen LogP contribution in [0.5, 0.6) is 5.75 Å². The molecular formula is C16H25NO. The first-order valence-electron chi connectivity index (χ1n) is 6.92. The van der Waals surface area contributed by atoms with Crippen molar-refractivity contribution in [2.45, 2.75) is 59.0 Å². The van der Waals surface area contributed by atoms with Crippen molar-refractivity contribution in [3.63, 3.8) is 0 Å². The van der Waals surface area contributed by atoms with E-state index in [1.54, 1.807) is 7.11 Å². The second-order valence-corrected chi connectivity index (χ2v) is 5.68. The smallest absolute Gasteiger partial charge is 0.124 e. The van der Waals surface area contributed by atoms with Crippen molar-refractivity contribution in [3.05, 3.63) is 28.3 Å². The Bertz CT molecular complexity index is 435. The summed E-state index contributed by atoms with van der Waals surface area (Å²) in [5, 5.41) is 3.67. The van der Waals surface area contributed by atoms with Crippen LogP contribution in [0.4, 0.5) is 0 Å². The molecule has 0 bridgehead atoms. The quantitative estimate of drug-likeness (QED) is 0.862. The highest BCUT2D eigenvalue weighted by atomic mass is 16.5. The number of methoxy groups -OCH3 is 1. The number of hydrogen-bond acceptors (Lipinski definition) is 2. The monoisotopic (exact) mass is 247 g/mol. The van der Waals surface area contributed by atoms with Gasteiger partial charge in [-0.1, -0.05) is 6.07 Å². The molecule has 1 saturated carbocycles. The largest absolute Gasteiger partial charge is 0.496 e. The van der Waals surface area contributed by atoms with Gasteiger partial charge in [0.15, 0.2) is 0 Å². The van der Waals surface area contributed by atoms with Crippen molar-refractivity contribution in [2.24, 2.45) is 0 Å². The van der Waals surface area contributed by atoms with Crippen LogP contribution in [-0.2, 0) is 6.42 Å². The Kier molecular flexibility index (Phi) is 3.96. The lowest BCUT2D eigenvalue weighted by Gasteiger charge is -2.19. The van der Waals surface area contributed by atoms with Crippen molar-refractivity contribution >= 4 is 0 Å². The number of benzene rings is 1. The predicted molar refractivity (Wildman–Crippen MR) is 76.5 cm³/mol. The first kappa shape index (κ1) is 13.4. The van der Waals surface area contributed by atoms with Gasteiger partial charge in [-0.05, 0) is 69.2 Å². The molecule has 1 N–H and O–H groups in total. The number of ether oxygens (including phenoxy) is 1. The fraction of sp³-hybridized carbons (Fsp3) is 0.625. The zero-order valence-corrected chi connectivity index (χ0v) is 12.3. The Morgan fingerprint density at radius 3 is 2.50 bits per heavy atom. The maximum atomic E-state index is 5.48. The third-order valence-electron chi connectivity index (χ3n) is 3.96. The van der Waals surface area contributed by atoms with Gasteiger partial charge in [-0.2, -0.15) is 0 Å². The fourth-order valence-electron chi connectivity index (χ4n) is 2.71. The predicted octanol–water partition coefficient (Wildman–Crippen LogP) is 3.30. The van der Waals surface area contributed by atoms with E-state index in [1.807, 2.05) is 0 Å². The van der Waals surface area contributed by atoms with Crippen LogP contribution in [0, 0.1) is 20.8 Å². The van der Waals surface area contributed by atoms with E-state index in [0.29, 0.717) is 6.04 Å². The molecular weight excluding hydrogens is 222 g/mol. The molecule has 0 amide bonds. The summed E-state index contributed by atoms with van der Waals surface area (Å²) >= 11 is 0. The Morgan fingerprint density at radius 2 is 1.94 bits per heavy atom. The van der Waals surface area contributed by atoms with Gasteiger partial charge < -0.3 is 10.1 Å². The van der Waals surface area contributed by atoms with Crippen LogP contribution in [0.2, 0.25) is 0 Å². The second-order valence-electron chi connectivity index (χ2n) is 5.68. The molecule has 1 aliphatic carbocycles. The third kappa shape index (κ3) is 2.86. The molecule has 1 aromatic carbocycles. The fourth-order valence-corrected chi connectivity index (χ4v) is 2.71. The van der Waals surface area contributed by atoms with Crippen LogP contribution in [0.15, 0.2) is 6.07 Å². The minimum absolute atomic E-state index is 0.559.